The van der Waals surface area contributed by atoms with E-state index in [1.54, 1.807) is 6.07 Å². The molecule has 5 nitrogen and oxygen atoms in total. The van der Waals surface area contributed by atoms with Gasteiger partial charge in [0, 0.05) is 6.54 Å². The van der Waals surface area contributed by atoms with Gasteiger partial charge in [0.25, 0.3) is 0 Å². The number of rotatable bonds is 3. The van der Waals surface area contributed by atoms with Crippen LogP contribution in [0.4, 0.5) is 0 Å². The first-order valence-electron chi connectivity index (χ1n) is 8.55. The van der Waals surface area contributed by atoms with Crippen LogP contribution in [-0.2, 0) is 11.2 Å². The summed E-state index contributed by atoms with van der Waals surface area (Å²) in [6.07, 6.45) is 2.20. The minimum atomic E-state index is 0.0221. The maximum absolute atomic E-state index is 12.9. The molecule has 2 aliphatic heterocycles. The van der Waals surface area contributed by atoms with E-state index in [4.69, 9.17) is 25.5 Å². The van der Waals surface area contributed by atoms with Crippen LogP contribution in [0.2, 0.25) is 5.02 Å². The lowest BCUT2D eigenvalue weighted by Crippen LogP contribution is -2.31. The molecule has 6 heteroatoms. The fourth-order valence-corrected chi connectivity index (χ4v) is 3.82. The molecule has 4 rings (SSSR count). The van der Waals surface area contributed by atoms with Crippen LogP contribution in [0.15, 0.2) is 28.7 Å². The Kier molecular flexibility index (Phi) is 4.34. The van der Waals surface area contributed by atoms with Gasteiger partial charge in [-0.1, -0.05) is 11.6 Å². The van der Waals surface area contributed by atoms with Crippen molar-refractivity contribution < 1.29 is 18.7 Å². The molecule has 0 N–H and O–H groups in total. The Morgan fingerprint density at radius 3 is 2.92 bits per heavy atom. The Labute approximate surface area is 151 Å². The molecule has 0 spiro atoms. The zero-order valence-electron chi connectivity index (χ0n) is 14.1. The normalized spacial score (nSPS) is 19.3. The number of nitrogens with zero attached hydrogens (tertiary/aromatic N) is 1. The third kappa shape index (κ3) is 3.21. The van der Waals surface area contributed by atoms with Crippen LogP contribution in [-0.4, -0.2) is 30.6 Å². The molecule has 1 aromatic carbocycles. The highest BCUT2D eigenvalue weighted by Crippen LogP contribution is 2.39. The first kappa shape index (κ1) is 16.3. The van der Waals surface area contributed by atoms with Crippen molar-refractivity contribution in [3.05, 3.63) is 46.4 Å². The van der Waals surface area contributed by atoms with E-state index < -0.39 is 0 Å². The highest BCUT2D eigenvalue weighted by atomic mass is 35.5. The molecule has 1 fully saturated rings. The molecule has 2 aromatic rings. The molecule has 0 bridgehead atoms. The third-order valence-corrected chi connectivity index (χ3v) is 4.96. The van der Waals surface area contributed by atoms with E-state index in [2.05, 4.69) is 0 Å². The number of fused-ring (bicyclic) bond motifs is 1. The number of benzene rings is 1. The quantitative estimate of drug-likeness (QED) is 0.831. The standard InChI is InChI=1S/C19H20ClNO4/c1-12-4-5-16(25-12)15-3-2-6-21(15)18(22)11-13-9-14(20)19-17(10-13)23-7-8-24-19/h4-5,9-10,15H,2-3,6-8,11H2,1H3. The van der Waals surface area contributed by atoms with Crippen LogP contribution in [0.5, 0.6) is 11.5 Å². The molecule has 0 aliphatic carbocycles. The predicted molar refractivity (Wildman–Crippen MR) is 93.3 cm³/mol. The molecule has 1 aromatic heterocycles. The lowest BCUT2D eigenvalue weighted by atomic mass is 10.1. The van der Waals surface area contributed by atoms with Crippen molar-refractivity contribution in [1.29, 1.82) is 0 Å². The summed E-state index contributed by atoms with van der Waals surface area (Å²) in [5, 5.41) is 0.486. The Bertz CT molecular complexity index is 801. The Hall–Kier alpha value is -2.14. The third-order valence-electron chi connectivity index (χ3n) is 4.67. The van der Waals surface area contributed by atoms with Gasteiger partial charge in [0.05, 0.1) is 17.5 Å². The Balaban J connectivity index is 1.52. The van der Waals surface area contributed by atoms with Crippen molar-refractivity contribution >= 4 is 17.5 Å². The summed E-state index contributed by atoms with van der Waals surface area (Å²) in [7, 11) is 0. The molecular formula is C19H20ClNO4. The number of ether oxygens (including phenoxy) is 2. The average Bonchev–Trinajstić information content (AvgIpc) is 3.23. The van der Waals surface area contributed by atoms with Crippen molar-refractivity contribution in [2.75, 3.05) is 19.8 Å². The zero-order chi connectivity index (χ0) is 17.4. The fourth-order valence-electron chi connectivity index (χ4n) is 3.54. The summed E-state index contributed by atoms with van der Waals surface area (Å²) in [4.78, 5) is 14.8. The molecule has 0 saturated carbocycles. The summed E-state index contributed by atoms with van der Waals surface area (Å²) in [6.45, 7) is 3.65. The van der Waals surface area contributed by atoms with Gasteiger partial charge in [-0.25, -0.2) is 0 Å². The second-order valence-electron chi connectivity index (χ2n) is 6.47. The van der Waals surface area contributed by atoms with Gasteiger partial charge in [-0.2, -0.15) is 0 Å². The maximum Gasteiger partial charge on any atom is 0.227 e. The lowest BCUT2D eigenvalue weighted by Gasteiger charge is -2.24. The number of furan rings is 1. The summed E-state index contributed by atoms with van der Waals surface area (Å²) in [5.74, 6) is 2.98. The maximum atomic E-state index is 12.9. The predicted octanol–water partition coefficient (Wildman–Crippen LogP) is 3.92. The van der Waals surface area contributed by atoms with Crippen LogP contribution < -0.4 is 9.47 Å². The van der Waals surface area contributed by atoms with E-state index in [9.17, 15) is 4.79 Å². The summed E-state index contributed by atoms with van der Waals surface area (Å²) in [5.41, 5.74) is 0.834. The van der Waals surface area contributed by atoms with Crippen LogP contribution in [0, 0.1) is 6.92 Å². The van der Waals surface area contributed by atoms with Gasteiger partial charge < -0.3 is 18.8 Å². The van der Waals surface area contributed by atoms with Crippen LogP contribution in [0.25, 0.3) is 0 Å². The summed E-state index contributed by atoms with van der Waals surface area (Å²) >= 11 is 6.27. The van der Waals surface area contributed by atoms with Crippen molar-refractivity contribution in [2.45, 2.75) is 32.2 Å². The number of amides is 1. The number of carbonyl (C=O) groups excluding carboxylic acids is 1. The van der Waals surface area contributed by atoms with Crippen LogP contribution >= 0.6 is 11.6 Å². The van der Waals surface area contributed by atoms with E-state index in [1.807, 2.05) is 30.0 Å². The van der Waals surface area contributed by atoms with E-state index in [-0.39, 0.29) is 18.4 Å². The lowest BCUT2D eigenvalue weighted by molar-refractivity contribution is -0.131. The Morgan fingerprint density at radius 2 is 2.12 bits per heavy atom. The minimum Gasteiger partial charge on any atom is -0.486 e. The SMILES string of the molecule is Cc1ccc(C2CCCN2C(=O)Cc2cc(Cl)c3c(c2)OCCO3)o1. The van der Waals surface area contributed by atoms with E-state index in [1.165, 1.54) is 0 Å². The molecule has 1 atom stereocenters. The minimum absolute atomic E-state index is 0.0221. The number of carbonyl (C=O) groups is 1. The second kappa shape index (κ2) is 6.64. The molecule has 2 aliphatic rings. The number of hydrogen-bond donors (Lipinski definition) is 0. The van der Waals surface area contributed by atoms with Crippen molar-refractivity contribution in [2.24, 2.45) is 0 Å². The first-order valence-corrected chi connectivity index (χ1v) is 8.93. The summed E-state index contributed by atoms with van der Waals surface area (Å²) in [6, 6.07) is 7.56. The fraction of sp³-hybridized carbons (Fsp3) is 0.421. The van der Waals surface area contributed by atoms with Gasteiger partial charge >= 0.3 is 0 Å². The summed E-state index contributed by atoms with van der Waals surface area (Å²) < 4.78 is 16.9. The van der Waals surface area contributed by atoms with Crippen LogP contribution in [0.1, 0.15) is 36.0 Å². The molecule has 1 saturated heterocycles. The van der Waals surface area contributed by atoms with Crippen molar-refractivity contribution in [1.82, 2.24) is 4.90 Å². The van der Waals surface area contributed by atoms with E-state index in [0.717, 1.165) is 36.5 Å². The largest absolute Gasteiger partial charge is 0.486 e. The van der Waals surface area contributed by atoms with Crippen molar-refractivity contribution in [3.63, 3.8) is 0 Å². The molecule has 3 heterocycles. The second-order valence-corrected chi connectivity index (χ2v) is 6.88. The number of halogens is 1. The van der Waals surface area contributed by atoms with Gasteiger partial charge in [0.1, 0.15) is 24.7 Å². The Morgan fingerprint density at radius 1 is 1.28 bits per heavy atom. The van der Waals surface area contributed by atoms with E-state index >= 15 is 0 Å². The molecule has 0 radical (unpaired) electrons. The molecule has 1 amide bonds. The number of hydrogen-bond acceptors (Lipinski definition) is 4. The van der Waals surface area contributed by atoms with Crippen molar-refractivity contribution in [3.8, 4) is 11.5 Å². The monoisotopic (exact) mass is 361 g/mol. The molecular weight excluding hydrogens is 342 g/mol. The highest BCUT2D eigenvalue weighted by molar-refractivity contribution is 6.32. The highest BCUT2D eigenvalue weighted by Gasteiger charge is 2.32. The van der Waals surface area contributed by atoms with E-state index in [0.29, 0.717) is 29.7 Å². The van der Waals surface area contributed by atoms with Gasteiger partial charge in [0.15, 0.2) is 11.5 Å². The average molecular weight is 362 g/mol. The van der Waals surface area contributed by atoms with Gasteiger partial charge in [-0.05, 0) is 49.6 Å². The molecule has 132 valence electrons. The number of aryl methyl sites for hydroxylation is 1. The smallest absolute Gasteiger partial charge is 0.227 e. The van der Waals surface area contributed by atoms with Gasteiger partial charge in [0.2, 0.25) is 5.91 Å². The first-order chi connectivity index (χ1) is 12.1. The molecule has 1 unspecified atom stereocenters. The van der Waals surface area contributed by atoms with Gasteiger partial charge in [-0.3, -0.25) is 4.79 Å². The number of likely N-dealkylation sites (tertiary alicyclic amines) is 1. The van der Waals surface area contributed by atoms with Gasteiger partial charge in [-0.15, -0.1) is 0 Å². The van der Waals surface area contributed by atoms with Crippen LogP contribution in [0.3, 0.4) is 0 Å². The zero-order valence-corrected chi connectivity index (χ0v) is 14.8. The topological polar surface area (TPSA) is 51.9 Å². The molecule has 25 heavy (non-hydrogen) atoms.